The summed E-state index contributed by atoms with van der Waals surface area (Å²) in [6, 6.07) is 17.7. The van der Waals surface area contributed by atoms with Gasteiger partial charge in [0.25, 0.3) is 5.91 Å². The zero-order chi connectivity index (χ0) is 22.3. The molecular formula is C24H25FN4O3. The van der Waals surface area contributed by atoms with Crippen LogP contribution in [0.5, 0.6) is 0 Å². The van der Waals surface area contributed by atoms with Crippen LogP contribution in [0, 0.1) is 5.82 Å². The number of nitrogens with zero attached hydrogens (tertiary/aromatic N) is 3. The van der Waals surface area contributed by atoms with Gasteiger partial charge in [0, 0.05) is 49.9 Å². The third kappa shape index (κ3) is 5.39. The minimum absolute atomic E-state index is 0.111. The van der Waals surface area contributed by atoms with Gasteiger partial charge in [-0.2, -0.15) is 0 Å². The third-order valence-electron chi connectivity index (χ3n) is 5.49. The average molecular weight is 436 g/mol. The van der Waals surface area contributed by atoms with Crippen LogP contribution in [0.4, 0.5) is 4.39 Å². The van der Waals surface area contributed by atoms with Gasteiger partial charge in [-0.15, -0.1) is 0 Å². The fourth-order valence-electron chi connectivity index (χ4n) is 3.72. The maximum absolute atomic E-state index is 13.9. The van der Waals surface area contributed by atoms with Crippen LogP contribution in [0.2, 0.25) is 0 Å². The zero-order valence-electron chi connectivity index (χ0n) is 17.7. The first-order chi connectivity index (χ1) is 15.6. The van der Waals surface area contributed by atoms with Crippen LogP contribution >= 0.6 is 0 Å². The quantitative estimate of drug-likeness (QED) is 0.643. The van der Waals surface area contributed by atoms with Crippen molar-refractivity contribution in [2.45, 2.75) is 13.0 Å². The average Bonchev–Trinajstić information content (AvgIpc) is 3.20. The van der Waals surface area contributed by atoms with Crippen molar-refractivity contribution in [3.8, 4) is 11.3 Å². The van der Waals surface area contributed by atoms with Gasteiger partial charge >= 0.3 is 0 Å². The maximum Gasteiger partial charge on any atom is 0.273 e. The number of hydrogen-bond acceptors (Lipinski definition) is 5. The Morgan fingerprint density at radius 3 is 2.59 bits per heavy atom. The summed E-state index contributed by atoms with van der Waals surface area (Å²) in [4.78, 5) is 28.9. The van der Waals surface area contributed by atoms with Crippen molar-refractivity contribution in [1.82, 2.24) is 20.3 Å². The smallest absolute Gasteiger partial charge is 0.273 e. The summed E-state index contributed by atoms with van der Waals surface area (Å²) in [7, 11) is 0. The summed E-state index contributed by atoms with van der Waals surface area (Å²) in [5.74, 6) is -0.335. The minimum atomic E-state index is -0.458. The van der Waals surface area contributed by atoms with Crippen molar-refractivity contribution in [1.29, 1.82) is 0 Å². The number of aromatic nitrogens is 1. The number of nitrogens with one attached hydrogen (secondary N) is 1. The molecule has 0 radical (unpaired) electrons. The molecule has 1 aliphatic heterocycles. The lowest BCUT2D eigenvalue weighted by molar-refractivity contribution is -0.130. The first-order valence-corrected chi connectivity index (χ1v) is 10.6. The fourth-order valence-corrected chi connectivity index (χ4v) is 3.72. The molecule has 2 aromatic carbocycles. The van der Waals surface area contributed by atoms with E-state index < -0.39 is 5.91 Å². The molecule has 32 heavy (non-hydrogen) atoms. The molecule has 2 amide bonds. The lowest BCUT2D eigenvalue weighted by Crippen LogP contribution is -2.42. The normalized spacial score (nSPS) is 14.7. The van der Waals surface area contributed by atoms with Crippen molar-refractivity contribution < 1.29 is 18.5 Å². The predicted octanol–water partition coefficient (Wildman–Crippen LogP) is 2.95. The van der Waals surface area contributed by atoms with Gasteiger partial charge in [-0.1, -0.05) is 53.7 Å². The number of carbonyl (C=O) groups excluding carboxylic acids is 2. The molecule has 166 valence electrons. The molecule has 3 aromatic rings. The first kappa shape index (κ1) is 21.7. The molecule has 0 bridgehead atoms. The highest BCUT2D eigenvalue weighted by Crippen LogP contribution is 2.19. The van der Waals surface area contributed by atoms with Crippen LogP contribution in [-0.2, 0) is 11.3 Å². The fraction of sp³-hybridized carbons (Fsp3) is 0.292. The summed E-state index contributed by atoms with van der Waals surface area (Å²) >= 11 is 0. The molecule has 0 aliphatic carbocycles. The van der Waals surface area contributed by atoms with Crippen LogP contribution in [-0.4, -0.2) is 59.5 Å². The van der Waals surface area contributed by atoms with E-state index >= 15 is 0 Å². The number of benzene rings is 2. The molecule has 7 nitrogen and oxygen atoms in total. The summed E-state index contributed by atoms with van der Waals surface area (Å²) in [6.45, 7) is 2.97. The Balaban J connectivity index is 1.26. The Morgan fingerprint density at radius 1 is 1.00 bits per heavy atom. The van der Waals surface area contributed by atoms with Crippen LogP contribution < -0.4 is 5.32 Å². The Morgan fingerprint density at radius 2 is 1.78 bits per heavy atom. The van der Waals surface area contributed by atoms with Crippen LogP contribution in [0.15, 0.2) is 65.2 Å². The van der Waals surface area contributed by atoms with E-state index in [0.717, 1.165) is 18.5 Å². The largest absolute Gasteiger partial charge is 0.355 e. The summed E-state index contributed by atoms with van der Waals surface area (Å²) < 4.78 is 19.2. The Labute approximate surface area is 185 Å². The van der Waals surface area contributed by atoms with E-state index in [1.54, 1.807) is 23.1 Å². The lowest BCUT2D eigenvalue weighted by atomic mass is 10.1. The highest BCUT2D eigenvalue weighted by molar-refractivity contribution is 5.95. The van der Waals surface area contributed by atoms with E-state index in [-0.39, 0.29) is 24.0 Å². The second-order valence-electron chi connectivity index (χ2n) is 7.73. The SMILES string of the molecule is O=C(NCC(=O)N1CCCN(Cc2ccccc2F)CC1)c1cc(-c2ccccc2)on1. The molecule has 1 aromatic heterocycles. The van der Waals surface area contributed by atoms with Crippen molar-refractivity contribution in [2.24, 2.45) is 0 Å². The van der Waals surface area contributed by atoms with Gasteiger partial charge in [-0.25, -0.2) is 4.39 Å². The molecule has 1 aliphatic rings. The molecule has 8 heteroatoms. The zero-order valence-corrected chi connectivity index (χ0v) is 17.7. The van der Waals surface area contributed by atoms with Gasteiger partial charge < -0.3 is 14.7 Å². The van der Waals surface area contributed by atoms with E-state index in [2.05, 4.69) is 15.4 Å². The topological polar surface area (TPSA) is 78.7 Å². The summed E-state index contributed by atoms with van der Waals surface area (Å²) in [5, 5.41) is 6.43. The van der Waals surface area contributed by atoms with Crippen molar-refractivity contribution >= 4 is 11.8 Å². The Kier molecular flexibility index (Phi) is 6.91. The van der Waals surface area contributed by atoms with Gasteiger partial charge in [0.15, 0.2) is 11.5 Å². The highest BCUT2D eigenvalue weighted by Gasteiger charge is 2.21. The lowest BCUT2D eigenvalue weighted by Gasteiger charge is -2.22. The van der Waals surface area contributed by atoms with Gasteiger partial charge in [0.1, 0.15) is 5.82 Å². The minimum Gasteiger partial charge on any atom is -0.355 e. The molecule has 2 heterocycles. The monoisotopic (exact) mass is 436 g/mol. The number of amides is 2. The molecular weight excluding hydrogens is 411 g/mol. The van der Waals surface area contributed by atoms with Gasteiger partial charge in [-0.3, -0.25) is 14.5 Å². The predicted molar refractivity (Wildman–Crippen MR) is 117 cm³/mol. The maximum atomic E-state index is 13.9. The molecule has 1 fully saturated rings. The number of hydrogen-bond donors (Lipinski definition) is 1. The molecule has 4 rings (SSSR count). The summed E-state index contributed by atoms with van der Waals surface area (Å²) in [6.07, 6.45) is 0.790. The molecule has 0 saturated carbocycles. The molecule has 0 spiro atoms. The molecule has 1 N–H and O–H groups in total. The van der Waals surface area contributed by atoms with Gasteiger partial charge in [0.05, 0.1) is 6.54 Å². The molecule has 0 atom stereocenters. The first-order valence-electron chi connectivity index (χ1n) is 10.6. The molecule has 0 unspecified atom stereocenters. The van der Waals surface area contributed by atoms with Crippen LogP contribution in [0.3, 0.4) is 0 Å². The standard InChI is InChI=1S/C24H25FN4O3/c25-20-10-5-4-9-19(20)17-28-11-6-12-29(14-13-28)23(30)16-26-24(31)21-15-22(32-27-21)18-7-2-1-3-8-18/h1-5,7-10,15H,6,11-14,16-17H2,(H,26,31). The second kappa shape index (κ2) is 10.2. The Bertz CT molecular complexity index is 1070. The number of halogens is 1. The van der Waals surface area contributed by atoms with Crippen molar-refractivity contribution in [2.75, 3.05) is 32.7 Å². The number of carbonyl (C=O) groups is 2. The van der Waals surface area contributed by atoms with E-state index in [1.807, 2.05) is 36.4 Å². The Hall–Kier alpha value is -3.52. The highest BCUT2D eigenvalue weighted by atomic mass is 19.1. The van der Waals surface area contributed by atoms with Crippen LogP contribution in [0.25, 0.3) is 11.3 Å². The van der Waals surface area contributed by atoms with E-state index in [1.165, 1.54) is 6.07 Å². The van der Waals surface area contributed by atoms with Gasteiger partial charge in [0.2, 0.25) is 5.91 Å². The van der Waals surface area contributed by atoms with Gasteiger partial charge in [-0.05, 0) is 12.5 Å². The third-order valence-corrected chi connectivity index (χ3v) is 5.49. The number of rotatable bonds is 6. The van der Waals surface area contributed by atoms with E-state index in [4.69, 9.17) is 4.52 Å². The van der Waals surface area contributed by atoms with Crippen molar-refractivity contribution in [3.05, 3.63) is 77.7 Å². The van der Waals surface area contributed by atoms with Crippen molar-refractivity contribution in [3.63, 3.8) is 0 Å². The van der Waals surface area contributed by atoms with E-state index in [9.17, 15) is 14.0 Å². The second-order valence-corrected chi connectivity index (χ2v) is 7.73. The van der Waals surface area contributed by atoms with Crippen LogP contribution in [0.1, 0.15) is 22.5 Å². The summed E-state index contributed by atoms with van der Waals surface area (Å²) in [5.41, 5.74) is 1.60. The molecule has 1 saturated heterocycles. The van der Waals surface area contributed by atoms with E-state index in [0.29, 0.717) is 37.5 Å².